The minimum Gasteiger partial charge on any atom is -0.508 e. The van der Waals surface area contributed by atoms with E-state index in [1.165, 1.54) is 17.0 Å². The van der Waals surface area contributed by atoms with Gasteiger partial charge >= 0.3 is 6.09 Å². The van der Waals surface area contributed by atoms with Crippen molar-refractivity contribution >= 4 is 17.9 Å². The van der Waals surface area contributed by atoms with Crippen molar-refractivity contribution < 1.29 is 24.2 Å². The maximum atomic E-state index is 13.7. The van der Waals surface area contributed by atoms with Crippen LogP contribution in [-0.2, 0) is 14.3 Å². The third-order valence-electron chi connectivity index (χ3n) is 4.74. The maximum absolute atomic E-state index is 13.7. The lowest BCUT2D eigenvalue weighted by atomic mass is 9.97. The first-order chi connectivity index (χ1) is 15.2. The quantitative estimate of drug-likeness (QED) is 0.485. The maximum Gasteiger partial charge on any atom is 0.408 e. The van der Waals surface area contributed by atoms with Gasteiger partial charge in [0.05, 0.1) is 0 Å². The standard InChI is InChI=1S/C25H39N3O5/c1-10-13-28(23(31)20(15(2)3)27-24(32)33-25(7,8)9)21(22(30)26-16(4)5)18-11-12-19(29)17(6)14-18/h10-12,14-16,20-21,29H,1,13H2,2-9H3,(H,26,30)(H,27,32). The van der Waals surface area contributed by atoms with Crippen molar-refractivity contribution in [3.63, 3.8) is 0 Å². The average Bonchev–Trinajstić information content (AvgIpc) is 2.65. The summed E-state index contributed by atoms with van der Waals surface area (Å²) in [5.41, 5.74) is 0.394. The van der Waals surface area contributed by atoms with Gasteiger partial charge in [0, 0.05) is 12.6 Å². The summed E-state index contributed by atoms with van der Waals surface area (Å²) < 4.78 is 5.33. The topological polar surface area (TPSA) is 108 Å². The zero-order chi connectivity index (χ0) is 25.5. The van der Waals surface area contributed by atoms with Crippen LogP contribution in [0.1, 0.15) is 65.6 Å². The van der Waals surface area contributed by atoms with Crippen LogP contribution in [0.5, 0.6) is 5.75 Å². The number of phenols is 1. The highest BCUT2D eigenvalue weighted by atomic mass is 16.6. The van der Waals surface area contributed by atoms with Crippen molar-refractivity contribution in [3.8, 4) is 5.75 Å². The van der Waals surface area contributed by atoms with Gasteiger partial charge in [-0.05, 0) is 70.7 Å². The number of carbonyl (C=O) groups excluding carboxylic acids is 3. The second kappa shape index (κ2) is 11.7. The molecule has 33 heavy (non-hydrogen) atoms. The number of nitrogens with zero attached hydrogens (tertiary/aromatic N) is 1. The molecule has 0 bridgehead atoms. The fraction of sp³-hybridized carbons (Fsp3) is 0.560. The number of rotatable bonds is 9. The lowest BCUT2D eigenvalue weighted by Crippen LogP contribution is -2.55. The van der Waals surface area contributed by atoms with Crippen LogP contribution >= 0.6 is 0 Å². The van der Waals surface area contributed by atoms with Gasteiger partial charge in [-0.3, -0.25) is 9.59 Å². The number of benzene rings is 1. The highest BCUT2D eigenvalue weighted by Crippen LogP contribution is 2.28. The van der Waals surface area contributed by atoms with Crippen LogP contribution in [0.2, 0.25) is 0 Å². The molecule has 0 aliphatic heterocycles. The van der Waals surface area contributed by atoms with Gasteiger partial charge in [0.15, 0.2) is 0 Å². The highest BCUT2D eigenvalue weighted by molar-refractivity contribution is 5.92. The molecule has 1 rings (SSSR count). The first kappa shape index (κ1) is 28.0. The molecule has 0 fully saturated rings. The van der Waals surface area contributed by atoms with Crippen molar-refractivity contribution in [1.82, 2.24) is 15.5 Å². The van der Waals surface area contributed by atoms with Crippen LogP contribution in [0.25, 0.3) is 0 Å². The largest absolute Gasteiger partial charge is 0.508 e. The number of nitrogens with one attached hydrogen (secondary N) is 2. The van der Waals surface area contributed by atoms with E-state index in [4.69, 9.17) is 4.74 Å². The smallest absolute Gasteiger partial charge is 0.408 e. The molecule has 3 amide bonds. The van der Waals surface area contributed by atoms with Crippen molar-refractivity contribution in [2.24, 2.45) is 5.92 Å². The number of alkyl carbamates (subject to hydrolysis) is 1. The minimum atomic E-state index is -0.987. The molecule has 3 N–H and O–H groups in total. The Bertz CT molecular complexity index is 858. The third-order valence-corrected chi connectivity index (χ3v) is 4.74. The molecule has 1 aromatic rings. The summed E-state index contributed by atoms with van der Waals surface area (Å²) in [5.74, 6) is -0.988. The fourth-order valence-corrected chi connectivity index (χ4v) is 3.27. The Kier molecular flexibility index (Phi) is 9.95. The molecule has 2 atom stereocenters. The van der Waals surface area contributed by atoms with E-state index in [2.05, 4.69) is 17.2 Å². The first-order valence-corrected chi connectivity index (χ1v) is 11.2. The molecule has 0 aromatic heterocycles. The van der Waals surface area contributed by atoms with E-state index in [9.17, 15) is 19.5 Å². The minimum absolute atomic E-state index is 0.0775. The molecule has 0 saturated heterocycles. The summed E-state index contributed by atoms with van der Waals surface area (Å²) in [4.78, 5) is 40.8. The fourth-order valence-electron chi connectivity index (χ4n) is 3.27. The van der Waals surface area contributed by atoms with Crippen molar-refractivity contribution in [1.29, 1.82) is 0 Å². The van der Waals surface area contributed by atoms with Gasteiger partial charge in [0.25, 0.3) is 0 Å². The summed E-state index contributed by atoms with van der Waals surface area (Å²) in [6.45, 7) is 18.0. The van der Waals surface area contributed by atoms with Gasteiger partial charge in [0.1, 0.15) is 23.4 Å². The predicted octanol–water partition coefficient (Wildman–Crippen LogP) is 3.83. The van der Waals surface area contributed by atoms with Crippen molar-refractivity contribution in [3.05, 3.63) is 42.0 Å². The second-order valence-corrected chi connectivity index (χ2v) is 9.76. The Morgan fingerprint density at radius 1 is 1.15 bits per heavy atom. The Balaban J connectivity index is 3.45. The van der Waals surface area contributed by atoms with E-state index in [0.717, 1.165) is 0 Å². The summed E-state index contributed by atoms with van der Waals surface area (Å²) in [6.07, 6.45) is 0.822. The molecule has 184 valence electrons. The molecular weight excluding hydrogens is 422 g/mol. The average molecular weight is 462 g/mol. The summed E-state index contributed by atoms with van der Waals surface area (Å²) in [5, 5.41) is 15.5. The Labute approximate surface area is 197 Å². The number of hydrogen-bond acceptors (Lipinski definition) is 5. The SMILES string of the molecule is C=CCN(C(=O)C(NC(=O)OC(C)(C)C)C(C)C)C(C(=O)NC(C)C)c1ccc(O)c(C)c1. The van der Waals surface area contributed by atoms with Crippen LogP contribution < -0.4 is 10.6 Å². The molecule has 8 heteroatoms. The Morgan fingerprint density at radius 2 is 1.76 bits per heavy atom. The molecule has 8 nitrogen and oxygen atoms in total. The monoisotopic (exact) mass is 461 g/mol. The first-order valence-electron chi connectivity index (χ1n) is 11.2. The number of ether oxygens (including phenoxy) is 1. The van der Waals surface area contributed by atoms with Gasteiger partial charge in [-0.1, -0.05) is 26.0 Å². The van der Waals surface area contributed by atoms with Crippen LogP contribution in [0, 0.1) is 12.8 Å². The van der Waals surface area contributed by atoms with Crippen molar-refractivity contribution in [2.75, 3.05) is 6.54 Å². The van der Waals surface area contributed by atoms with Gasteiger partial charge in [-0.2, -0.15) is 0 Å². The zero-order valence-corrected chi connectivity index (χ0v) is 21.1. The lowest BCUT2D eigenvalue weighted by molar-refractivity contribution is -0.142. The molecular formula is C25H39N3O5. The van der Waals surface area contributed by atoms with Crippen LogP contribution in [-0.4, -0.2) is 52.1 Å². The number of amides is 3. The van der Waals surface area contributed by atoms with Gasteiger partial charge < -0.3 is 25.4 Å². The summed E-state index contributed by atoms with van der Waals surface area (Å²) in [6, 6.07) is 2.72. The molecule has 0 spiro atoms. The molecule has 0 saturated carbocycles. The van der Waals surface area contributed by atoms with E-state index in [0.29, 0.717) is 11.1 Å². The predicted molar refractivity (Wildman–Crippen MR) is 129 cm³/mol. The van der Waals surface area contributed by atoms with Gasteiger partial charge in [0.2, 0.25) is 11.8 Å². The number of aryl methyl sites for hydroxylation is 1. The highest BCUT2D eigenvalue weighted by Gasteiger charge is 2.37. The summed E-state index contributed by atoms with van der Waals surface area (Å²) >= 11 is 0. The molecule has 0 radical (unpaired) electrons. The lowest BCUT2D eigenvalue weighted by Gasteiger charge is -2.35. The van der Waals surface area contributed by atoms with Crippen molar-refractivity contribution in [2.45, 2.75) is 79.1 Å². The number of phenolic OH excluding ortho intramolecular Hbond substituents is 1. The molecule has 2 unspecified atom stereocenters. The third kappa shape index (κ3) is 8.44. The second-order valence-electron chi connectivity index (χ2n) is 9.76. The Hall–Kier alpha value is -3.03. The molecule has 0 aliphatic carbocycles. The van der Waals surface area contributed by atoms with Crippen LogP contribution in [0.15, 0.2) is 30.9 Å². The van der Waals surface area contributed by atoms with E-state index in [1.807, 2.05) is 13.8 Å². The van der Waals surface area contributed by atoms with E-state index >= 15 is 0 Å². The van der Waals surface area contributed by atoms with Gasteiger partial charge in [-0.25, -0.2) is 4.79 Å². The van der Waals surface area contributed by atoms with Crippen LogP contribution in [0.4, 0.5) is 4.79 Å². The Morgan fingerprint density at radius 3 is 2.21 bits per heavy atom. The number of carbonyl (C=O) groups is 3. The van der Waals surface area contributed by atoms with Gasteiger partial charge in [-0.15, -0.1) is 6.58 Å². The van der Waals surface area contributed by atoms with E-state index in [-0.39, 0.29) is 30.2 Å². The van der Waals surface area contributed by atoms with Crippen LogP contribution in [0.3, 0.4) is 0 Å². The number of aromatic hydroxyl groups is 1. The number of hydrogen-bond donors (Lipinski definition) is 3. The normalized spacial score (nSPS) is 13.3. The molecule has 0 aliphatic rings. The molecule has 1 aromatic carbocycles. The van der Waals surface area contributed by atoms with E-state index < -0.39 is 29.7 Å². The zero-order valence-electron chi connectivity index (χ0n) is 21.1. The molecule has 0 heterocycles. The summed E-state index contributed by atoms with van der Waals surface area (Å²) in [7, 11) is 0. The van der Waals surface area contributed by atoms with E-state index in [1.54, 1.807) is 53.7 Å².